The number of hydrogen-bond donors (Lipinski definition) is 1. The van der Waals surface area contributed by atoms with Crippen molar-refractivity contribution >= 4 is 16.9 Å². The van der Waals surface area contributed by atoms with Crippen LogP contribution >= 0.6 is 0 Å². The lowest BCUT2D eigenvalue weighted by molar-refractivity contribution is 0.310. The summed E-state index contributed by atoms with van der Waals surface area (Å²) in [5.41, 5.74) is 10.4. The number of rotatable bonds is 5. The Morgan fingerprint density at radius 3 is 2.73 bits per heavy atom. The predicted molar refractivity (Wildman–Crippen MR) is 111 cm³/mol. The number of imidazole rings is 1. The molecule has 9 heteroatoms. The molecule has 30 heavy (non-hydrogen) atoms. The Bertz CT molecular complexity index is 1210. The summed E-state index contributed by atoms with van der Waals surface area (Å²) in [6, 6.07) is 5.24. The molecule has 0 amide bonds. The van der Waals surface area contributed by atoms with Crippen LogP contribution < -0.4 is 5.73 Å². The molecule has 0 spiro atoms. The van der Waals surface area contributed by atoms with Crippen LogP contribution in [0.1, 0.15) is 25.3 Å². The van der Waals surface area contributed by atoms with E-state index in [0.717, 1.165) is 29.7 Å². The van der Waals surface area contributed by atoms with Gasteiger partial charge in [-0.2, -0.15) is 0 Å². The lowest BCUT2D eigenvalue weighted by Crippen LogP contribution is -2.19. The molecule has 4 heterocycles. The van der Waals surface area contributed by atoms with Gasteiger partial charge in [0.1, 0.15) is 11.3 Å². The molecule has 8 nitrogen and oxygen atoms in total. The third-order valence-electron chi connectivity index (χ3n) is 5.64. The maximum absolute atomic E-state index is 14.5. The van der Waals surface area contributed by atoms with Crippen LogP contribution in [-0.2, 0) is 13.1 Å². The van der Waals surface area contributed by atoms with Crippen molar-refractivity contribution in [2.75, 3.05) is 18.8 Å². The molecule has 5 rings (SSSR count). The second-order valence-electron chi connectivity index (χ2n) is 7.52. The highest BCUT2D eigenvalue weighted by molar-refractivity contribution is 5.94. The number of pyridine rings is 1. The maximum Gasteiger partial charge on any atom is 0.199 e. The monoisotopic (exact) mass is 407 g/mol. The summed E-state index contributed by atoms with van der Waals surface area (Å²) in [5, 5.41) is 7.57. The van der Waals surface area contributed by atoms with Crippen LogP contribution in [0.4, 0.5) is 10.2 Å². The first-order valence-corrected chi connectivity index (χ1v) is 10.1. The fraction of sp³-hybridized carbons (Fsp3) is 0.333. The van der Waals surface area contributed by atoms with E-state index in [2.05, 4.69) is 25.2 Å². The van der Waals surface area contributed by atoms with E-state index in [1.807, 2.05) is 17.6 Å². The molecule has 1 aromatic carbocycles. The lowest BCUT2D eigenvalue weighted by Gasteiger charge is -2.16. The van der Waals surface area contributed by atoms with Gasteiger partial charge in [0, 0.05) is 30.4 Å². The normalized spacial score (nSPS) is 14.7. The summed E-state index contributed by atoms with van der Waals surface area (Å²) in [6.45, 7) is 5.29. The number of aromatic nitrogens is 5. The first kappa shape index (κ1) is 18.7. The summed E-state index contributed by atoms with van der Waals surface area (Å²) < 4.78 is 21.3. The zero-order valence-corrected chi connectivity index (χ0v) is 16.7. The van der Waals surface area contributed by atoms with Crippen molar-refractivity contribution in [3.8, 4) is 22.6 Å². The van der Waals surface area contributed by atoms with Crippen LogP contribution in [0.15, 0.2) is 35.2 Å². The molecule has 3 aromatic heterocycles. The quantitative estimate of drug-likeness (QED) is 0.541. The van der Waals surface area contributed by atoms with Crippen LogP contribution in [0.25, 0.3) is 33.7 Å². The number of fused-ring (bicyclic) bond motifs is 1. The van der Waals surface area contributed by atoms with E-state index in [1.54, 1.807) is 18.5 Å². The van der Waals surface area contributed by atoms with Gasteiger partial charge in [-0.15, -0.1) is 0 Å². The van der Waals surface area contributed by atoms with Crippen LogP contribution in [-0.4, -0.2) is 42.8 Å². The Labute approximate surface area is 172 Å². The number of likely N-dealkylation sites (tertiary alicyclic amines) is 1. The van der Waals surface area contributed by atoms with Crippen LogP contribution in [0.3, 0.4) is 0 Å². The van der Waals surface area contributed by atoms with Gasteiger partial charge in [-0.1, -0.05) is 6.07 Å². The first-order valence-electron chi connectivity index (χ1n) is 10.1. The van der Waals surface area contributed by atoms with E-state index < -0.39 is 0 Å². The van der Waals surface area contributed by atoms with Gasteiger partial charge in [0.25, 0.3) is 0 Å². The molecular weight excluding hydrogens is 385 g/mol. The maximum atomic E-state index is 14.5. The van der Waals surface area contributed by atoms with Crippen molar-refractivity contribution in [3.63, 3.8) is 0 Å². The van der Waals surface area contributed by atoms with E-state index in [1.165, 1.54) is 18.9 Å². The number of nitrogens with zero attached hydrogens (tertiary/aromatic N) is 6. The van der Waals surface area contributed by atoms with Crippen molar-refractivity contribution in [2.45, 2.75) is 32.9 Å². The fourth-order valence-corrected chi connectivity index (χ4v) is 4.18. The van der Waals surface area contributed by atoms with E-state index in [9.17, 15) is 4.39 Å². The van der Waals surface area contributed by atoms with Gasteiger partial charge >= 0.3 is 0 Å². The zero-order chi connectivity index (χ0) is 20.7. The molecule has 4 aromatic rings. The second-order valence-corrected chi connectivity index (χ2v) is 7.52. The standard InChI is InChI=1S/C21H22FN7O/c1-2-29-19-15(10-24-11-17(19)25-21(29)18-20(23)27-30-26-18)13-5-6-16(22)14(9-13)12-28-7-3-4-8-28/h5-6,9-11H,2-4,7-8,12H2,1H3,(H2,23,27). The van der Waals surface area contributed by atoms with Crippen molar-refractivity contribution < 1.29 is 9.02 Å². The Morgan fingerprint density at radius 2 is 2.00 bits per heavy atom. The molecule has 0 aliphatic carbocycles. The summed E-state index contributed by atoms with van der Waals surface area (Å²) in [4.78, 5) is 11.3. The minimum atomic E-state index is -0.183. The first-order chi connectivity index (χ1) is 14.7. The van der Waals surface area contributed by atoms with Crippen molar-refractivity contribution in [1.29, 1.82) is 0 Å². The lowest BCUT2D eigenvalue weighted by atomic mass is 10.0. The highest BCUT2D eigenvalue weighted by atomic mass is 19.1. The van der Waals surface area contributed by atoms with Crippen LogP contribution in [0, 0.1) is 5.82 Å². The van der Waals surface area contributed by atoms with Crippen molar-refractivity contribution in [2.24, 2.45) is 0 Å². The molecular formula is C21H22FN7O. The predicted octanol–water partition coefficient (Wildman–Crippen LogP) is 3.49. The van der Waals surface area contributed by atoms with Gasteiger partial charge in [0.2, 0.25) is 0 Å². The molecule has 1 saturated heterocycles. The Hall–Kier alpha value is -3.33. The minimum Gasteiger partial charge on any atom is -0.379 e. The molecule has 1 aliphatic heterocycles. The summed E-state index contributed by atoms with van der Waals surface area (Å²) in [5.74, 6) is 0.570. The summed E-state index contributed by atoms with van der Waals surface area (Å²) in [6.07, 6.45) is 5.83. The molecule has 2 N–H and O–H groups in total. The average Bonchev–Trinajstić information content (AvgIpc) is 3.48. The van der Waals surface area contributed by atoms with Gasteiger partial charge in [-0.25, -0.2) is 14.0 Å². The number of anilines is 1. The van der Waals surface area contributed by atoms with Crippen LogP contribution in [0.5, 0.6) is 0 Å². The third-order valence-corrected chi connectivity index (χ3v) is 5.64. The molecule has 154 valence electrons. The Morgan fingerprint density at radius 1 is 1.17 bits per heavy atom. The van der Waals surface area contributed by atoms with Gasteiger partial charge < -0.3 is 10.3 Å². The number of nitrogen functional groups attached to an aromatic ring is 1. The van der Waals surface area contributed by atoms with Crippen molar-refractivity contribution in [3.05, 3.63) is 42.0 Å². The molecule has 0 atom stereocenters. The molecule has 0 radical (unpaired) electrons. The molecule has 0 unspecified atom stereocenters. The van der Waals surface area contributed by atoms with E-state index in [0.29, 0.717) is 35.7 Å². The van der Waals surface area contributed by atoms with Crippen LogP contribution in [0.2, 0.25) is 0 Å². The number of benzene rings is 1. The van der Waals surface area contributed by atoms with Gasteiger partial charge in [-0.05, 0) is 60.9 Å². The number of aryl methyl sites for hydroxylation is 1. The Balaban J connectivity index is 1.64. The van der Waals surface area contributed by atoms with Crippen molar-refractivity contribution in [1.82, 2.24) is 29.7 Å². The van der Waals surface area contributed by atoms with E-state index in [4.69, 9.17) is 10.4 Å². The van der Waals surface area contributed by atoms with E-state index >= 15 is 0 Å². The molecule has 0 saturated carbocycles. The SMILES string of the molecule is CCn1c(-c2nonc2N)nc2cncc(-c3ccc(F)c(CN4CCCC4)c3)c21. The fourth-order valence-electron chi connectivity index (χ4n) is 4.18. The van der Waals surface area contributed by atoms with Gasteiger partial charge in [0.15, 0.2) is 17.3 Å². The Kier molecular flexibility index (Phi) is 4.66. The number of hydrogen-bond acceptors (Lipinski definition) is 7. The topological polar surface area (TPSA) is 98.9 Å². The highest BCUT2D eigenvalue weighted by Gasteiger charge is 2.21. The second kappa shape index (κ2) is 7.49. The number of halogens is 1. The smallest absolute Gasteiger partial charge is 0.199 e. The molecule has 1 aliphatic rings. The van der Waals surface area contributed by atoms with E-state index in [-0.39, 0.29) is 11.6 Å². The zero-order valence-electron chi connectivity index (χ0n) is 16.7. The minimum absolute atomic E-state index is 0.183. The summed E-state index contributed by atoms with van der Waals surface area (Å²) in [7, 11) is 0. The molecule has 1 fully saturated rings. The third kappa shape index (κ3) is 3.11. The highest BCUT2D eigenvalue weighted by Crippen LogP contribution is 2.33. The van der Waals surface area contributed by atoms with Gasteiger partial charge in [0.05, 0.1) is 11.7 Å². The van der Waals surface area contributed by atoms with Gasteiger partial charge in [-0.3, -0.25) is 9.88 Å². The number of nitrogens with two attached hydrogens (primary N) is 1. The summed E-state index contributed by atoms with van der Waals surface area (Å²) >= 11 is 0. The average molecular weight is 407 g/mol. The largest absolute Gasteiger partial charge is 0.379 e. The molecule has 0 bridgehead atoms.